The van der Waals surface area contributed by atoms with E-state index in [1.165, 1.54) is 0 Å². The molecule has 1 aromatic carbocycles. The highest BCUT2D eigenvalue weighted by Gasteiger charge is 1.99. The monoisotopic (exact) mass is 151 g/mol. The fourth-order valence-corrected chi connectivity index (χ4v) is 0.779. The van der Waals surface area contributed by atoms with Crippen molar-refractivity contribution in [3.63, 3.8) is 0 Å². The average molecular weight is 151 g/mol. The lowest BCUT2D eigenvalue weighted by Crippen LogP contribution is -2.16. The summed E-state index contributed by atoms with van der Waals surface area (Å²) in [5.74, 6) is 0.514. The third-order valence-electron chi connectivity index (χ3n) is 1.30. The van der Waals surface area contributed by atoms with Crippen LogP contribution in [0.2, 0.25) is 0 Å². The van der Waals surface area contributed by atoms with E-state index in [-0.39, 0.29) is 0 Å². The minimum Gasteiger partial charge on any atom is -0.410 e. The second-order valence-electron chi connectivity index (χ2n) is 2.19. The Morgan fingerprint density at radius 1 is 1.45 bits per heavy atom. The molecule has 0 aliphatic carbocycles. The number of hydrogen-bond acceptors (Lipinski definition) is 2. The quantitative estimate of drug-likeness (QED) is 0.660. The van der Waals surface area contributed by atoms with Gasteiger partial charge in [-0.05, 0) is 18.6 Å². The molecule has 0 unspecified atom stereocenters. The second-order valence-corrected chi connectivity index (χ2v) is 2.19. The SMILES string of the molecule is Cc1ccccc1OC(N)=O. The molecule has 0 bridgehead atoms. The van der Waals surface area contributed by atoms with Crippen LogP contribution in [0, 0.1) is 6.92 Å². The van der Waals surface area contributed by atoms with Crippen molar-refractivity contribution >= 4 is 6.09 Å². The normalized spacial score (nSPS) is 9.18. The van der Waals surface area contributed by atoms with E-state index >= 15 is 0 Å². The molecule has 3 nitrogen and oxygen atoms in total. The lowest BCUT2D eigenvalue weighted by Gasteiger charge is -2.02. The van der Waals surface area contributed by atoms with Gasteiger partial charge in [0, 0.05) is 0 Å². The van der Waals surface area contributed by atoms with E-state index in [9.17, 15) is 4.79 Å². The summed E-state index contributed by atoms with van der Waals surface area (Å²) in [5, 5.41) is 0. The molecule has 0 aromatic heterocycles. The van der Waals surface area contributed by atoms with E-state index < -0.39 is 6.09 Å². The van der Waals surface area contributed by atoms with Crippen LogP contribution in [-0.2, 0) is 0 Å². The lowest BCUT2D eigenvalue weighted by atomic mass is 10.2. The number of nitrogens with two attached hydrogens (primary N) is 1. The number of hydrogen-bond donors (Lipinski definition) is 1. The van der Waals surface area contributed by atoms with Crippen molar-refractivity contribution in [1.82, 2.24) is 0 Å². The lowest BCUT2D eigenvalue weighted by molar-refractivity contribution is 0.210. The fourth-order valence-electron chi connectivity index (χ4n) is 0.779. The minimum absolute atomic E-state index is 0.514. The number of amides is 1. The van der Waals surface area contributed by atoms with Crippen molar-refractivity contribution in [2.24, 2.45) is 5.73 Å². The molecule has 0 aliphatic heterocycles. The van der Waals surface area contributed by atoms with Crippen LogP contribution in [0.1, 0.15) is 5.56 Å². The van der Waals surface area contributed by atoms with E-state index in [4.69, 9.17) is 5.73 Å². The van der Waals surface area contributed by atoms with Crippen molar-refractivity contribution in [3.8, 4) is 5.75 Å². The van der Waals surface area contributed by atoms with Crippen molar-refractivity contribution < 1.29 is 9.53 Å². The summed E-state index contributed by atoms with van der Waals surface area (Å²) in [6.45, 7) is 1.85. The molecule has 1 aromatic rings. The van der Waals surface area contributed by atoms with Gasteiger partial charge in [0.15, 0.2) is 0 Å². The van der Waals surface area contributed by atoms with Crippen molar-refractivity contribution in [2.75, 3.05) is 0 Å². The first-order valence-electron chi connectivity index (χ1n) is 3.23. The van der Waals surface area contributed by atoms with E-state index in [1.807, 2.05) is 19.1 Å². The van der Waals surface area contributed by atoms with Crippen LogP contribution >= 0.6 is 0 Å². The smallest absolute Gasteiger partial charge is 0.409 e. The molecule has 58 valence electrons. The van der Waals surface area contributed by atoms with Crippen LogP contribution in [0.15, 0.2) is 24.3 Å². The number of carbonyl (C=O) groups is 1. The van der Waals surface area contributed by atoms with Gasteiger partial charge in [-0.2, -0.15) is 0 Å². The Morgan fingerprint density at radius 2 is 2.09 bits per heavy atom. The number of carbonyl (C=O) groups excluding carboxylic acids is 1. The van der Waals surface area contributed by atoms with Crippen LogP contribution < -0.4 is 10.5 Å². The molecule has 11 heavy (non-hydrogen) atoms. The summed E-state index contributed by atoms with van der Waals surface area (Å²) in [6.07, 6.45) is -0.778. The maximum Gasteiger partial charge on any atom is 0.409 e. The average Bonchev–Trinajstić information content (AvgIpc) is 1.93. The molecule has 1 rings (SSSR count). The van der Waals surface area contributed by atoms with Crippen LogP contribution in [0.4, 0.5) is 4.79 Å². The molecule has 0 saturated heterocycles. The van der Waals surface area contributed by atoms with Gasteiger partial charge < -0.3 is 10.5 Å². The first kappa shape index (κ1) is 7.60. The zero-order chi connectivity index (χ0) is 8.27. The summed E-state index contributed by atoms with van der Waals surface area (Å²) in [7, 11) is 0. The minimum atomic E-state index is -0.778. The molecule has 0 saturated carbocycles. The fraction of sp³-hybridized carbons (Fsp3) is 0.125. The van der Waals surface area contributed by atoms with E-state index in [0.717, 1.165) is 5.56 Å². The third kappa shape index (κ3) is 1.97. The maximum atomic E-state index is 10.3. The van der Waals surface area contributed by atoms with Gasteiger partial charge in [-0.1, -0.05) is 18.2 Å². The van der Waals surface area contributed by atoms with Gasteiger partial charge in [0.2, 0.25) is 0 Å². The first-order valence-corrected chi connectivity index (χ1v) is 3.23. The van der Waals surface area contributed by atoms with Crippen LogP contribution in [-0.4, -0.2) is 6.09 Å². The number of benzene rings is 1. The Kier molecular flexibility index (Phi) is 2.11. The van der Waals surface area contributed by atoms with Crippen LogP contribution in [0.5, 0.6) is 5.75 Å². The molecule has 0 heterocycles. The Labute approximate surface area is 64.8 Å². The molecule has 3 heteroatoms. The van der Waals surface area contributed by atoms with Crippen LogP contribution in [0.3, 0.4) is 0 Å². The summed E-state index contributed by atoms with van der Waals surface area (Å²) in [4.78, 5) is 10.3. The molecule has 0 spiro atoms. The summed E-state index contributed by atoms with van der Waals surface area (Å²) in [6, 6.07) is 7.19. The van der Waals surface area contributed by atoms with Gasteiger partial charge in [0.25, 0.3) is 0 Å². The molecule has 1 amide bonds. The predicted octanol–water partition coefficient (Wildman–Crippen LogP) is 1.45. The van der Waals surface area contributed by atoms with Crippen LogP contribution in [0.25, 0.3) is 0 Å². The predicted molar refractivity (Wildman–Crippen MR) is 41.4 cm³/mol. The van der Waals surface area contributed by atoms with Gasteiger partial charge in [-0.3, -0.25) is 0 Å². The number of para-hydroxylation sites is 1. The van der Waals surface area contributed by atoms with Gasteiger partial charge in [-0.25, -0.2) is 4.79 Å². The number of primary amides is 1. The Bertz CT molecular complexity index is 271. The molecule has 0 aliphatic rings. The molecular formula is C8H9NO2. The van der Waals surface area contributed by atoms with Gasteiger partial charge in [-0.15, -0.1) is 0 Å². The van der Waals surface area contributed by atoms with E-state index in [0.29, 0.717) is 5.75 Å². The molecule has 0 atom stereocenters. The number of ether oxygens (including phenoxy) is 1. The Balaban J connectivity index is 2.86. The highest BCUT2D eigenvalue weighted by atomic mass is 16.5. The van der Waals surface area contributed by atoms with Crippen molar-refractivity contribution in [3.05, 3.63) is 29.8 Å². The largest absolute Gasteiger partial charge is 0.410 e. The summed E-state index contributed by atoms with van der Waals surface area (Å²) in [5.41, 5.74) is 5.73. The van der Waals surface area contributed by atoms with Crippen molar-refractivity contribution in [2.45, 2.75) is 6.92 Å². The molecular weight excluding hydrogens is 142 g/mol. The zero-order valence-corrected chi connectivity index (χ0v) is 6.20. The van der Waals surface area contributed by atoms with E-state index in [2.05, 4.69) is 4.74 Å². The van der Waals surface area contributed by atoms with Gasteiger partial charge in [0.05, 0.1) is 0 Å². The summed E-state index contributed by atoms with van der Waals surface area (Å²) >= 11 is 0. The first-order chi connectivity index (χ1) is 5.20. The number of aryl methyl sites for hydroxylation is 1. The highest BCUT2D eigenvalue weighted by Crippen LogP contribution is 2.15. The molecule has 0 radical (unpaired) electrons. The molecule has 0 fully saturated rings. The van der Waals surface area contributed by atoms with Gasteiger partial charge >= 0.3 is 6.09 Å². The Hall–Kier alpha value is -1.51. The Morgan fingerprint density at radius 3 is 2.64 bits per heavy atom. The topological polar surface area (TPSA) is 52.3 Å². The third-order valence-corrected chi connectivity index (χ3v) is 1.30. The van der Waals surface area contributed by atoms with E-state index in [1.54, 1.807) is 12.1 Å². The standard InChI is InChI=1S/C8H9NO2/c1-6-4-2-3-5-7(6)11-8(9)10/h2-5H,1H3,(H2,9,10). The highest BCUT2D eigenvalue weighted by molar-refractivity contribution is 5.68. The molecule has 2 N–H and O–H groups in total. The number of rotatable bonds is 1. The van der Waals surface area contributed by atoms with Crippen molar-refractivity contribution in [1.29, 1.82) is 0 Å². The van der Waals surface area contributed by atoms with Gasteiger partial charge in [0.1, 0.15) is 5.75 Å². The zero-order valence-electron chi connectivity index (χ0n) is 6.20. The summed E-state index contributed by atoms with van der Waals surface area (Å²) < 4.78 is 4.68. The maximum absolute atomic E-state index is 10.3. The second kappa shape index (κ2) is 3.05.